The molecule has 1 aliphatic heterocycles. The van der Waals surface area contributed by atoms with Crippen LogP contribution in [0.3, 0.4) is 0 Å². The van der Waals surface area contributed by atoms with Crippen LogP contribution in [0.5, 0.6) is 11.5 Å². The highest BCUT2D eigenvalue weighted by Crippen LogP contribution is 2.35. The van der Waals surface area contributed by atoms with Crippen molar-refractivity contribution in [1.29, 1.82) is 0 Å². The van der Waals surface area contributed by atoms with Crippen molar-refractivity contribution in [2.45, 2.75) is 19.8 Å². The Morgan fingerprint density at radius 1 is 1.02 bits per heavy atom. The molecule has 3 aromatic carbocycles. The Morgan fingerprint density at radius 3 is 2.50 bits per heavy atom. The molecule has 12 heteroatoms. The number of carbonyl (C=O) groups is 4. The lowest BCUT2D eigenvalue weighted by Crippen LogP contribution is -2.36. The maximum absolute atomic E-state index is 13.4. The van der Waals surface area contributed by atoms with Crippen molar-refractivity contribution in [2.75, 3.05) is 30.9 Å². The number of hydrogen-bond donors (Lipinski definition) is 2. The van der Waals surface area contributed by atoms with Gasteiger partial charge in [0.05, 0.1) is 17.0 Å². The molecule has 4 rings (SSSR count). The molecule has 0 spiro atoms. The van der Waals surface area contributed by atoms with Crippen molar-refractivity contribution in [3.63, 3.8) is 0 Å². The number of imide groups is 1. The average Bonchev–Trinajstić information content (AvgIpc) is 3.21. The van der Waals surface area contributed by atoms with Crippen LogP contribution in [0, 0.1) is 5.82 Å². The Labute approximate surface area is 251 Å². The van der Waals surface area contributed by atoms with Crippen LogP contribution in [-0.2, 0) is 14.4 Å². The summed E-state index contributed by atoms with van der Waals surface area (Å²) in [4.78, 5) is 51.3. The van der Waals surface area contributed by atoms with Gasteiger partial charge in [-0.1, -0.05) is 49.7 Å². The molecule has 0 saturated carbocycles. The molecule has 0 radical (unpaired) electrons. The molecule has 0 bridgehead atoms. The van der Waals surface area contributed by atoms with E-state index in [1.54, 1.807) is 18.2 Å². The SMILES string of the molecule is COc1cc(/C=C2\SC(=O)N(CC(=O)Nc3ccc(F)c(Cl)c3)C2=O)ccc1OCC(=O)Nc1ccccc1C(C)C. The summed E-state index contributed by atoms with van der Waals surface area (Å²) >= 11 is 6.41. The number of amides is 4. The molecule has 218 valence electrons. The molecule has 1 aliphatic rings. The minimum absolute atomic E-state index is 0.108. The maximum atomic E-state index is 13.4. The molecule has 1 saturated heterocycles. The fraction of sp³-hybridized carbons (Fsp3) is 0.200. The van der Waals surface area contributed by atoms with E-state index in [0.29, 0.717) is 28.8 Å². The number of nitrogens with one attached hydrogen (secondary N) is 2. The highest BCUT2D eigenvalue weighted by molar-refractivity contribution is 8.18. The van der Waals surface area contributed by atoms with Crippen LogP contribution in [0.2, 0.25) is 5.02 Å². The number of nitrogens with zero attached hydrogens (tertiary/aromatic N) is 1. The van der Waals surface area contributed by atoms with Crippen LogP contribution < -0.4 is 20.1 Å². The van der Waals surface area contributed by atoms with Gasteiger partial charge >= 0.3 is 0 Å². The third-order valence-corrected chi connectivity index (χ3v) is 7.28. The predicted molar refractivity (Wildman–Crippen MR) is 160 cm³/mol. The lowest BCUT2D eigenvalue weighted by atomic mass is 10.0. The molecule has 1 fully saturated rings. The Bertz CT molecular complexity index is 1580. The standard InChI is InChI=1S/C30H27ClFN3O6S/c1-17(2)20-6-4-5-7-23(20)34-28(37)16-41-24-11-8-18(12-25(24)40-3)13-26-29(38)35(30(39)42-26)15-27(36)33-19-9-10-22(32)21(31)14-19/h4-14,17H,15-16H2,1-3H3,(H,33,36)(H,34,37)/b26-13-. The smallest absolute Gasteiger partial charge is 0.294 e. The van der Waals surface area contributed by atoms with Gasteiger partial charge in [-0.3, -0.25) is 24.1 Å². The van der Waals surface area contributed by atoms with Crippen molar-refractivity contribution in [3.05, 3.63) is 87.5 Å². The zero-order valence-corrected chi connectivity index (χ0v) is 24.5. The first-order valence-electron chi connectivity index (χ1n) is 12.8. The molecular formula is C30H27ClFN3O6S. The Kier molecular flexibility index (Phi) is 9.87. The number of thioether (sulfide) groups is 1. The number of carbonyl (C=O) groups excluding carboxylic acids is 4. The van der Waals surface area contributed by atoms with Crippen molar-refractivity contribution < 1.29 is 33.0 Å². The number of para-hydroxylation sites is 1. The van der Waals surface area contributed by atoms with Crippen molar-refractivity contribution in [2.24, 2.45) is 0 Å². The second-order valence-electron chi connectivity index (χ2n) is 9.43. The summed E-state index contributed by atoms with van der Waals surface area (Å²) in [5, 5.41) is 4.55. The molecule has 42 heavy (non-hydrogen) atoms. The first-order chi connectivity index (χ1) is 20.0. The summed E-state index contributed by atoms with van der Waals surface area (Å²) in [6.07, 6.45) is 1.49. The van der Waals surface area contributed by atoms with Gasteiger partial charge in [0.15, 0.2) is 18.1 Å². The third kappa shape index (κ3) is 7.48. The quantitative estimate of drug-likeness (QED) is 0.259. The fourth-order valence-electron chi connectivity index (χ4n) is 4.04. The van der Waals surface area contributed by atoms with E-state index in [2.05, 4.69) is 10.6 Å². The highest BCUT2D eigenvalue weighted by atomic mass is 35.5. The van der Waals surface area contributed by atoms with E-state index in [1.807, 2.05) is 38.1 Å². The van der Waals surface area contributed by atoms with Gasteiger partial charge in [0.1, 0.15) is 12.4 Å². The molecule has 9 nitrogen and oxygen atoms in total. The summed E-state index contributed by atoms with van der Waals surface area (Å²) in [7, 11) is 1.44. The summed E-state index contributed by atoms with van der Waals surface area (Å²) in [6.45, 7) is 3.29. The minimum Gasteiger partial charge on any atom is -0.493 e. The number of benzene rings is 3. The summed E-state index contributed by atoms with van der Waals surface area (Å²) in [5.41, 5.74) is 2.48. The van der Waals surface area contributed by atoms with Crippen molar-refractivity contribution in [3.8, 4) is 11.5 Å². The zero-order valence-electron chi connectivity index (χ0n) is 22.9. The van der Waals surface area contributed by atoms with Crippen molar-refractivity contribution in [1.82, 2.24) is 4.90 Å². The van der Waals surface area contributed by atoms with E-state index in [9.17, 15) is 23.6 Å². The van der Waals surface area contributed by atoms with Gasteiger partial charge in [-0.05, 0) is 71.3 Å². The van der Waals surface area contributed by atoms with Crippen LogP contribution in [-0.4, -0.2) is 48.1 Å². The van der Waals surface area contributed by atoms with Crippen LogP contribution in [0.1, 0.15) is 30.9 Å². The minimum atomic E-state index is -0.652. The lowest BCUT2D eigenvalue weighted by Gasteiger charge is -2.15. The van der Waals surface area contributed by atoms with E-state index in [1.165, 1.54) is 25.3 Å². The van der Waals surface area contributed by atoms with Gasteiger partial charge < -0.3 is 20.1 Å². The second kappa shape index (κ2) is 13.5. The maximum Gasteiger partial charge on any atom is 0.294 e. The largest absolute Gasteiger partial charge is 0.493 e. The Hall–Kier alpha value is -4.35. The van der Waals surface area contributed by atoms with Crippen LogP contribution in [0.15, 0.2) is 65.6 Å². The van der Waals surface area contributed by atoms with Gasteiger partial charge in [-0.2, -0.15) is 0 Å². The van der Waals surface area contributed by atoms with Crippen LogP contribution in [0.4, 0.5) is 20.6 Å². The number of hydrogen-bond acceptors (Lipinski definition) is 7. The van der Waals surface area contributed by atoms with Gasteiger partial charge in [0, 0.05) is 11.4 Å². The Morgan fingerprint density at radius 2 is 1.79 bits per heavy atom. The average molecular weight is 612 g/mol. The third-order valence-electron chi connectivity index (χ3n) is 6.08. The molecule has 2 N–H and O–H groups in total. The molecule has 1 heterocycles. The lowest BCUT2D eigenvalue weighted by molar-refractivity contribution is -0.127. The normalized spacial score (nSPS) is 14.0. The van der Waals surface area contributed by atoms with Crippen LogP contribution in [0.25, 0.3) is 6.08 Å². The zero-order chi connectivity index (χ0) is 30.4. The molecule has 0 aliphatic carbocycles. The molecule has 3 aromatic rings. The molecule has 4 amide bonds. The summed E-state index contributed by atoms with van der Waals surface area (Å²) in [5.74, 6) is -1.42. The number of anilines is 2. The van der Waals surface area contributed by atoms with E-state index in [4.69, 9.17) is 21.1 Å². The number of methoxy groups -OCH3 is 1. The van der Waals surface area contributed by atoms with Gasteiger partial charge in [-0.25, -0.2) is 4.39 Å². The molecular weight excluding hydrogens is 585 g/mol. The van der Waals surface area contributed by atoms with Crippen LogP contribution >= 0.6 is 23.4 Å². The highest BCUT2D eigenvalue weighted by Gasteiger charge is 2.36. The number of halogens is 2. The van der Waals surface area contributed by atoms with E-state index in [0.717, 1.165) is 22.2 Å². The van der Waals surface area contributed by atoms with E-state index in [-0.39, 0.29) is 34.0 Å². The number of ether oxygens (including phenoxy) is 2. The van der Waals surface area contributed by atoms with E-state index < -0.39 is 29.4 Å². The van der Waals surface area contributed by atoms with Gasteiger partial charge in [0.25, 0.3) is 17.1 Å². The van der Waals surface area contributed by atoms with Crippen molar-refractivity contribution >= 4 is 63.8 Å². The molecule has 0 aromatic heterocycles. The first-order valence-corrected chi connectivity index (χ1v) is 13.9. The fourth-order valence-corrected chi connectivity index (χ4v) is 5.06. The summed E-state index contributed by atoms with van der Waals surface area (Å²) < 4.78 is 24.4. The van der Waals surface area contributed by atoms with E-state index >= 15 is 0 Å². The van der Waals surface area contributed by atoms with Gasteiger partial charge in [-0.15, -0.1) is 0 Å². The molecule has 0 unspecified atom stereocenters. The number of rotatable bonds is 10. The first kappa shape index (κ1) is 30.6. The topological polar surface area (TPSA) is 114 Å². The second-order valence-corrected chi connectivity index (χ2v) is 10.8. The monoisotopic (exact) mass is 611 g/mol. The summed E-state index contributed by atoms with van der Waals surface area (Å²) in [6, 6.07) is 16.0. The Balaban J connectivity index is 1.38. The predicted octanol–water partition coefficient (Wildman–Crippen LogP) is 6.30. The van der Waals surface area contributed by atoms with Gasteiger partial charge in [0.2, 0.25) is 5.91 Å². The molecule has 0 atom stereocenters.